The molecule has 0 aliphatic rings. The fourth-order valence-corrected chi connectivity index (χ4v) is 1.37. The fraction of sp³-hybridized carbons (Fsp3) is 1.00. The number of hydrogen-bond acceptors (Lipinski definition) is 0. The van der Waals surface area contributed by atoms with Crippen molar-refractivity contribution in [2.75, 3.05) is 0 Å². The van der Waals surface area contributed by atoms with Crippen molar-refractivity contribution < 1.29 is 24.8 Å². The van der Waals surface area contributed by atoms with Crippen LogP contribution in [0.3, 0.4) is 0 Å². The summed E-state index contributed by atoms with van der Waals surface area (Å²) in [6.45, 7) is 2.23. The van der Waals surface area contributed by atoms with E-state index in [1.54, 1.807) is 0 Å². The van der Waals surface area contributed by atoms with Crippen LogP contribution in [0.5, 0.6) is 0 Å². The van der Waals surface area contributed by atoms with Crippen LogP contribution >= 0.6 is 0 Å². The van der Waals surface area contributed by atoms with Gasteiger partial charge < -0.3 is 24.8 Å². The summed E-state index contributed by atoms with van der Waals surface area (Å²) in [5.74, 6) is 0. The van der Waals surface area contributed by atoms with E-state index in [4.69, 9.17) is 0 Å². The zero-order valence-corrected chi connectivity index (χ0v) is 9.26. The van der Waals surface area contributed by atoms with E-state index in [1.165, 1.54) is 39.8 Å². The molecular weight excluding hydrogens is 238 g/mol. The SMILES string of the molecule is CCC[CH2][SnH+2].[Cl-].[Cl-]. The van der Waals surface area contributed by atoms with Crippen LogP contribution in [0.25, 0.3) is 0 Å². The third kappa shape index (κ3) is 18.7. The van der Waals surface area contributed by atoms with E-state index in [1.807, 2.05) is 0 Å². The van der Waals surface area contributed by atoms with Gasteiger partial charge in [0.25, 0.3) is 0 Å². The van der Waals surface area contributed by atoms with Crippen molar-refractivity contribution >= 4 is 22.5 Å². The third-order valence-corrected chi connectivity index (χ3v) is 1.72. The van der Waals surface area contributed by atoms with E-state index >= 15 is 0 Å². The Hall–Kier alpha value is 1.38. The molecule has 0 aromatic heterocycles. The first-order valence-electron chi connectivity index (χ1n) is 2.12. The van der Waals surface area contributed by atoms with Crippen molar-refractivity contribution in [2.24, 2.45) is 0 Å². The molecule has 0 aromatic carbocycles. The summed E-state index contributed by atoms with van der Waals surface area (Å²) in [6, 6.07) is 0. The van der Waals surface area contributed by atoms with Crippen LogP contribution in [0.1, 0.15) is 19.8 Å². The molecular formula is C4H10Cl2Sn. The Balaban J connectivity index is -0.0000000800. The molecule has 0 heterocycles. The molecule has 0 saturated carbocycles. The summed E-state index contributed by atoms with van der Waals surface area (Å²) >= 11 is 1.45. The molecule has 0 aliphatic carbocycles. The van der Waals surface area contributed by atoms with Crippen LogP contribution < -0.4 is 24.8 Å². The molecule has 0 nitrogen and oxygen atoms in total. The summed E-state index contributed by atoms with van der Waals surface area (Å²) in [7, 11) is 0. The topological polar surface area (TPSA) is 0 Å². The van der Waals surface area contributed by atoms with Gasteiger partial charge in [-0.3, -0.25) is 0 Å². The number of unbranched alkanes of at least 4 members (excludes halogenated alkanes) is 1. The van der Waals surface area contributed by atoms with E-state index in [0.29, 0.717) is 0 Å². The zero-order chi connectivity index (χ0) is 4.12. The second kappa shape index (κ2) is 15.7. The van der Waals surface area contributed by atoms with Gasteiger partial charge in [0.1, 0.15) is 0 Å². The molecule has 7 heavy (non-hydrogen) atoms. The Kier molecular flexibility index (Phi) is 35.3. The van der Waals surface area contributed by atoms with Gasteiger partial charge in [0.2, 0.25) is 0 Å². The first-order valence-corrected chi connectivity index (χ1v) is 4.45. The average molecular weight is 248 g/mol. The minimum absolute atomic E-state index is 0. The molecule has 0 N–H and O–H groups in total. The summed E-state index contributed by atoms with van der Waals surface area (Å²) in [4.78, 5) is 0. The molecule has 44 valence electrons. The molecule has 0 amide bonds. The fourth-order valence-electron chi connectivity index (χ4n) is 0.204. The number of rotatable bonds is 2. The molecule has 0 aliphatic heterocycles. The standard InChI is InChI=1S/C4H9.2ClH.Sn.H/c1-3-4-2;;;;/h1,3-4H2,2H3;2*1H;;/q;;;+2;/p-2. The first-order chi connectivity index (χ1) is 2.41. The Bertz CT molecular complexity index is 17.2. The predicted octanol–water partition coefficient (Wildman–Crippen LogP) is -4.89. The minimum atomic E-state index is 0. The van der Waals surface area contributed by atoms with Crippen molar-refractivity contribution in [1.82, 2.24) is 0 Å². The quantitative estimate of drug-likeness (QED) is 0.430. The number of halogens is 2. The van der Waals surface area contributed by atoms with Gasteiger partial charge in [-0.15, -0.1) is 0 Å². The van der Waals surface area contributed by atoms with Gasteiger partial charge in [0.05, 0.1) is 0 Å². The Labute approximate surface area is 71.3 Å². The molecule has 0 aromatic rings. The van der Waals surface area contributed by atoms with Crippen LogP contribution in [-0.4, -0.2) is 22.5 Å². The molecule has 0 unspecified atom stereocenters. The van der Waals surface area contributed by atoms with Crippen LogP contribution in [0, 0.1) is 0 Å². The maximum Gasteiger partial charge on any atom is -1.00 e. The number of hydrogen-bond donors (Lipinski definition) is 0. The van der Waals surface area contributed by atoms with Crippen molar-refractivity contribution in [2.45, 2.75) is 24.2 Å². The van der Waals surface area contributed by atoms with Crippen LogP contribution in [0.4, 0.5) is 0 Å². The molecule has 0 saturated heterocycles. The normalized spacial score (nSPS) is 5.71. The van der Waals surface area contributed by atoms with Crippen molar-refractivity contribution in [1.29, 1.82) is 0 Å². The smallest absolute Gasteiger partial charge is 1.00 e. The van der Waals surface area contributed by atoms with Gasteiger partial charge in [-0.1, -0.05) is 0 Å². The summed E-state index contributed by atoms with van der Waals surface area (Å²) in [6.07, 6.45) is 2.82. The Morgan fingerprint density at radius 1 is 1.29 bits per heavy atom. The van der Waals surface area contributed by atoms with Gasteiger partial charge in [-0.2, -0.15) is 0 Å². The molecule has 3 heteroatoms. The van der Waals surface area contributed by atoms with Gasteiger partial charge in [-0.25, -0.2) is 0 Å². The molecule has 0 radical (unpaired) electrons. The molecule has 0 rings (SSSR count). The van der Waals surface area contributed by atoms with Gasteiger partial charge in [0, 0.05) is 0 Å². The predicted molar refractivity (Wildman–Crippen MR) is 26.9 cm³/mol. The van der Waals surface area contributed by atoms with Crippen molar-refractivity contribution in [3.63, 3.8) is 0 Å². The summed E-state index contributed by atoms with van der Waals surface area (Å²) in [5.41, 5.74) is 0. The van der Waals surface area contributed by atoms with Gasteiger partial charge in [0.15, 0.2) is 0 Å². The minimum Gasteiger partial charge on any atom is -1.00 e. The average Bonchev–Trinajstić information content (AvgIpc) is 1.41. The van der Waals surface area contributed by atoms with Crippen LogP contribution in [0.2, 0.25) is 4.44 Å². The van der Waals surface area contributed by atoms with Gasteiger partial charge in [-0.05, 0) is 0 Å². The molecule has 0 atom stereocenters. The van der Waals surface area contributed by atoms with E-state index < -0.39 is 0 Å². The largest absolute Gasteiger partial charge is 1.00 e. The molecule has 0 bridgehead atoms. The zero-order valence-electron chi connectivity index (χ0n) is 4.45. The second-order valence-electron chi connectivity index (χ2n) is 1.14. The first kappa shape index (κ1) is 15.8. The maximum absolute atomic E-state index is 2.23. The van der Waals surface area contributed by atoms with E-state index in [2.05, 4.69) is 6.92 Å². The Morgan fingerprint density at radius 2 is 1.71 bits per heavy atom. The summed E-state index contributed by atoms with van der Waals surface area (Å²) < 4.78 is 1.47. The monoisotopic (exact) mass is 248 g/mol. The van der Waals surface area contributed by atoms with Crippen molar-refractivity contribution in [3.8, 4) is 0 Å². The molecule has 0 fully saturated rings. The maximum atomic E-state index is 2.23. The van der Waals surface area contributed by atoms with Crippen LogP contribution in [-0.2, 0) is 0 Å². The third-order valence-electron chi connectivity index (χ3n) is 0.558. The van der Waals surface area contributed by atoms with E-state index in [0.717, 1.165) is 0 Å². The summed E-state index contributed by atoms with van der Waals surface area (Å²) in [5, 5.41) is 0. The van der Waals surface area contributed by atoms with E-state index in [-0.39, 0.29) is 24.8 Å². The van der Waals surface area contributed by atoms with Crippen LogP contribution in [0.15, 0.2) is 0 Å². The van der Waals surface area contributed by atoms with Crippen molar-refractivity contribution in [3.05, 3.63) is 0 Å². The van der Waals surface area contributed by atoms with E-state index in [9.17, 15) is 0 Å². The Morgan fingerprint density at radius 3 is 1.71 bits per heavy atom. The second-order valence-corrected chi connectivity index (χ2v) is 2.79. The van der Waals surface area contributed by atoms with Gasteiger partial charge >= 0.3 is 46.7 Å². The molecule has 0 spiro atoms.